The maximum Gasteiger partial charge on any atom is 0.315 e. The predicted molar refractivity (Wildman–Crippen MR) is 84.0 cm³/mol. The number of carbonyl (C=O) groups excluding carboxylic acids is 2. The van der Waals surface area contributed by atoms with Gasteiger partial charge >= 0.3 is 6.03 Å². The number of rotatable bonds is 6. The molecule has 0 radical (unpaired) electrons. The van der Waals surface area contributed by atoms with Gasteiger partial charge in [0.1, 0.15) is 0 Å². The summed E-state index contributed by atoms with van der Waals surface area (Å²) in [6, 6.07) is 5.50. The van der Waals surface area contributed by atoms with Gasteiger partial charge in [0.15, 0.2) is 5.78 Å². The molecule has 21 heavy (non-hydrogen) atoms. The quantitative estimate of drug-likeness (QED) is 0.717. The van der Waals surface area contributed by atoms with Crippen LogP contribution in [-0.4, -0.2) is 29.9 Å². The Kier molecular flexibility index (Phi) is 5.16. The highest BCUT2D eigenvalue weighted by Crippen LogP contribution is 2.09. The standard InChI is InChI=1S/C15H19N3O2S/c1-10-8-13(11(2)18-10)14(19)9-17-15(20)16-6-5-12-4-3-7-21-12/h3-4,7-8,18H,5-6,9H2,1-2H3,(H2,16,17,20). The Morgan fingerprint density at radius 3 is 2.71 bits per heavy atom. The minimum atomic E-state index is -0.315. The van der Waals surface area contributed by atoms with E-state index in [4.69, 9.17) is 0 Å². The number of hydrogen-bond acceptors (Lipinski definition) is 3. The number of thiophene rings is 1. The normalized spacial score (nSPS) is 10.4. The van der Waals surface area contributed by atoms with Crippen LogP contribution in [0.3, 0.4) is 0 Å². The number of H-pyrrole nitrogens is 1. The van der Waals surface area contributed by atoms with Crippen LogP contribution in [0.2, 0.25) is 0 Å². The van der Waals surface area contributed by atoms with Crippen LogP contribution in [0.15, 0.2) is 23.6 Å². The van der Waals surface area contributed by atoms with Crippen molar-refractivity contribution in [3.8, 4) is 0 Å². The molecule has 0 fully saturated rings. The molecule has 2 heterocycles. The Bertz CT molecular complexity index is 617. The molecule has 0 atom stereocenters. The Labute approximate surface area is 127 Å². The lowest BCUT2D eigenvalue weighted by Crippen LogP contribution is -2.39. The maximum atomic E-state index is 12.0. The molecule has 112 valence electrons. The molecule has 0 bridgehead atoms. The number of carbonyl (C=O) groups is 2. The van der Waals surface area contributed by atoms with E-state index in [1.165, 1.54) is 4.88 Å². The van der Waals surface area contributed by atoms with Crippen molar-refractivity contribution < 1.29 is 9.59 Å². The number of hydrogen-bond donors (Lipinski definition) is 3. The van der Waals surface area contributed by atoms with Gasteiger partial charge in [-0.25, -0.2) is 4.79 Å². The van der Waals surface area contributed by atoms with Gasteiger partial charge in [0, 0.05) is 28.4 Å². The van der Waals surface area contributed by atoms with Crippen molar-refractivity contribution in [3.05, 3.63) is 45.4 Å². The van der Waals surface area contributed by atoms with Gasteiger partial charge in [0.05, 0.1) is 6.54 Å². The summed E-state index contributed by atoms with van der Waals surface area (Å²) in [6.45, 7) is 4.31. The van der Waals surface area contributed by atoms with Crippen molar-refractivity contribution >= 4 is 23.2 Å². The predicted octanol–water partition coefficient (Wildman–Crippen LogP) is 2.42. The zero-order valence-corrected chi connectivity index (χ0v) is 13.0. The number of aromatic amines is 1. The molecule has 5 nitrogen and oxygen atoms in total. The average molecular weight is 305 g/mol. The van der Waals surface area contributed by atoms with Crippen LogP contribution in [0.4, 0.5) is 4.79 Å². The minimum absolute atomic E-state index is 0.00295. The third kappa shape index (κ3) is 4.46. The smallest absolute Gasteiger partial charge is 0.315 e. The molecule has 2 aromatic heterocycles. The van der Waals surface area contributed by atoms with E-state index in [0.29, 0.717) is 12.1 Å². The molecule has 0 saturated heterocycles. The zero-order chi connectivity index (χ0) is 15.2. The van der Waals surface area contributed by atoms with Crippen LogP contribution in [0, 0.1) is 13.8 Å². The molecule has 3 N–H and O–H groups in total. The molecule has 0 aliphatic carbocycles. The first-order valence-corrected chi connectivity index (χ1v) is 7.67. The number of nitrogens with one attached hydrogen (secondary N) is 3. The van der Waals surface area contributed by atoms with E-state index in [2.05, 4.69) is 15.6 Å². The Morgan fingerprint density at radius 2 is 2.10 bits per heavy atom. The molecule has 0 unspecified atom stereocenters. The lowest BCUT2D eigenvalue weighted by molar-refractivity contribution is 0.0992. The van der Waals surface area contributed by atoms with Gasteiger partial charge in [0.25, 0.3) is 0 Å². The monoisotopic (exact) mass is 305 g/mol. The minimum Gasteiger partial charge on any atom is -0.362 e. The topological polar surface area (TPSA) is 74.0 Å². The number of aryl methyl sites for hydroxylation is 2. The summed E-state index contributed by atoms with van der Waals surface area (Å²) in [6.07, 6.45) is 0.801. The lowest BCUT2D eigenvalue weighted by Gasteiger charge is -2.06. The van der Waals surface area contributed by atoms with E-state index >= 15 is 0 Å². The van der Waals surface area contributed by atoms with E-state index in [0.717, 1.165) is 17.8 Å². The zero-order valence-electron chi connectivity index (χ0n) is 12.2. The molecule has 2 amide bonds. The van der Waals surface area contributed by atoms with Gasteiger partial charge in [-0.15, -0.1) is 11.3 Å². The van der Waals surface area contributed by atoms with E-state index < -0.39 is 0 Å². The first-order valence-electron chi connectivity index (χ1n) is 6.79. The molecule has 0 aromatic carbocycles. The summed E-state index contributed by atoms with van der Waals surface area (Å²) in [5.74, 6) is -0.0924. The Balaban J connectivity index is 1.71. The average Bonchev–Trinajstić information content (AvgIpc) is 3.06. The van der Waals surface area contributed by atoms with E-state index in [1.807, 2.05) is 31.4 Å². The molecular weight excluding hydrogens is 286 g/mol. The van der Waals surface area contributed by atoms with Crippen molar-refractivity contribution in [2.75, 3.05) is 13.1 Å². The van der Waals surface area contributed by atoms with Crippen LogP contribution in [0.1, 0.15) is 26.6 Å². The second-order valence-electron chi connectivity index (χ2n) is 4.85. The van der Waals surface area contributed by atoms with E-state index in [9.17, 15) is 9.59 Å². The number of amides is 2. The maximum absolute atomic E-state index is 12.0. The SMILES string of the molecule is Cc1cc(C(=O)CNC(=O)NCCc2cccs2)c(C)[nH]1. The van der Waals surface area contributed by atoms with E-state index in [1.54, 1.807) is 17.4 Å². The molecule has 0 spiro atoms. The van der Waals surface area contributed by atoms with Crippen molar-refractivity contribution in [1.29, 1.82) is 0 Å². The van der Waals surface area contributed by atoms with Crippen molar-refractivity contribution in [2.45, 2.75) is 20.3 Å². The summed E-state index contributed by atoms with van der Waals surface area (Å²) in [5, 5.41) is 7.34. The molecule has 2 rings (SSSR count). The summed E-state index contributed by atoms with van der Waals surface area (Å²) in [7, 11) is 0. The summed E-state index contributed by atoms with van der Waals surface area (Å²) in [4.78, 5) is 27.9. The van der Waals surface area contributed by atoms with Gasteiger partial charge in [-0.1, -0.05) is 6.07 Å². The highest BCUT2D eigenvalue weighted by Gasteiger charge is 2.12. The van der Waals surface area contributed by atoms with Crippen molar-refractivity contribution in [2.24, 2.45) is 0 Å². The van der Waals surface area contributed by atoms with Gasteiger partial charge in [-0.3, -0.25) is 4.79 Å². The van der Waals surface area contributed by atoms with Crippen LogP contribution >= 0.6 is 11.3 Å². The second-order valence-corrected chi connectivity index (χ2v) is 5.89. The number of Topliss-reactive ketones (excluding diaryl/α,β-unsaturated/α-hetero) is 1. The fraction of sp³-hybridized carbons (Fsp3) is 0.333. The van der Waals surface area contributed by atoms with Gasteiger partial charge in [-0.05, 0) is 37.8 Å². The molecule has 2 aromatic rings. The molecule has 6 heteroatoms. The van der Waals surface area contributed by atoms with Gasteiger partial charge < -0.3 is 15.6 Å². The number of urea groups is 1. The summed E-state index contributed by atoms with van der Waals surface area (Å²) in [5.41, 5.74) is 2.40. The molecule has 0 aliphatic rings. The largest absolute Gasteiger partial charge is 0.362 e. The fourth-order valence-corrected chi connectivity index (χ4v) is 2.79. The van der Waals surface area contributed by atoms with Crippen molar-refractivity contribution in [1.82, 2.24) is 15.6 Å². The van der Waals surface area contributed by atoms with E-state index in [-0.39, 0.29) is 18.4 Å². The molecular formula is C15H19N3O2S. The van der Waals surface area contributed by atoms with Crippen LogP contribution in [-0.2, 0) is 6.42 Å². The van der Waals surface area contributed by atoms with Crippen molar-refractivity contribution in [3.63, 3.8) is 0 Å². The third-order valence-corrected chi connectivity index (χ3v) is 4.03. The highest BCUT2D eigenvalue weighted by atomic mass is 32.1. The summed E-state index contributed by atoms with van der Waals surface area (Å²) < 4.78 is 0. The van der Waals surface area contributed by atoms with Crippen LogP contribution in [0.25, 0.3) is 0 Å². The first-order chi connectivity index (χ1) is 10.1. The Morgan fingerprint density at radius 1 is 1.29 bits per heavy atom. The Hall–Kier alpha value is -2.08. The second kappa shape index (κ2) is 7.08. The number of aromatic nitrogens is 1. The molecule has 0 saturated carbocycles. The highest BCUT2D eigenvalue weighted by molar-refractivity contribution is 7.09. The summed E-state index contributed by atoms with van der Waals surface area (Å²) >= 11 is 1.66. The lowest BCUT2D eigenvalue weighted by atomic mass is 10.1. The van der Waals surface area contributed by atoms with Gasteiger partial charge in [0.2, 0.25) is 0 Å². The van der Waals surface area contributed by atoms with Crippen LogP contribution in [0.5, 0.6) is 0 Å². The third-order valence-electron chi connectivity index (χ3n) is 3.10. The fourth-order valence-electron chi connectivity index (χ4n) is 2.09. The van der Waals surface area contributed by atoms with Crippen LogP contribution < -0.4 is 10.6 Å². The first kappa shape index (κ1) is 15.3. The van der Waals surface area contributed by atoms with Gasteiger partial charge in [-0.2, -0.15) is 0 Å². The number of ketones is 1. The molecule has 0 aliphatic heterocycles.